The molecule has 18 heavy (non-hydrogen) atoms. The second-order valence-electron chi connectivity index (χ2n) is 4.00. The monoisotopic (exact) mass is 302 g/mol. The summed E-state index contributed by atoms with van der Waals surface area (Å²) in [4.78, 5) is 0. The van der Waals surface area contributed by atoms with Gasteiger partial charge in [-0.15, -0.1) is 0 Å². The van der Waals surface area contributed by atoms with Gasteiger partial charge in [-0.2, -0.15) is 0 Å². The van der Waals surface area contributed by atoms with E-state index in [1.54, 1.807) is 6.26 Å². The largest absolute Gasteiger partial charge is 0.489 e. The van der Waals surface area contributed by atoms with Crippen molar-refractivity contribution in [1.82, 2.24) is 0 Å². The first kappa shape index (κ1) is 11.4. The van der Waals surface area contributed by atoms with Gasteiger partial charge in [-0.1, -0.05) is 40.2 Å². The van der Waals surface area contributed by atoms with Crippen molar-refractivity contribution in [3.05, 3.63) is 64.8 Å². The van der Waals surface area contributed by atoms with Gasteiger partial charge in [-0.25, -0.2) is 0 Å². The van der Waals surface area contributed by atoms with Gasteiger partial charge in [0.2, 0.25) is 0 Å². The maximum atomic E-state index is 5.75. The Kier molecular flexibility index (Phi) is 3.07. The Morgan fingerprint density at radius 2 is 1.94 bits per heavy atom. The predicted octanol–water partition coefficient (Wildman–Crippen LogP) is 4.77. The van der Waals surface area contributed by atoms with Crippen LogP contribution in [0, 0.1) is 0 Å². The summed E-state index contributed by atoms with van der Waals surface area (Å²) in [5, 5.41) is 1.10. The summed E-state index contributed by atoms with van der Waals surface area (Å²) in [5.41, 5.74) is 1.95. The predicted molar refractivity (Wildman–Crippen MR) is 74.7 cm³/mol. The van der Waals surface area contributed by atoms with Crippen molar-refractivity contribution in [3.8, 4) is 5.75 Å². The van der Waals surface area contributed by atoms with Crippen LogP contribution in [0.2, 0.25) is 0 Å². The standard InChI is InChI=1S/C15H11BrO2/c16-12-4-3-5-13(8-12)17-9-11-10-18-15-7-2-1-6-14(11)15/h1-8,10H,9H2. The molecule has 1 aromatic heterocycles. The Balaban J connectivity index is 1.81. The van der Waals surface area contributed by atoms with E-state index >= 15 is 0 Å². The van der Waals surface area contributed by atoms with Crippen molar-refractivity contribution in [2.24, 2.45) is 0 Å². The van der Waals surface area contributed by atoms with Gasteiger partial charge in [0.15, 0.2) is 0 Å². The van der Waals surface area contributed by atoms with Gasteiger partial charge in [-0.3, -0.25) is 0 Å². The van der Waals surface area contributed by atoms with Crippen LogP contribution >= 0.6 is 15.9 Å². The summed E-state index contributed by atoms with van der Waals surface area (Å²) < 4.78 is 12.2. The van der Waals surface area contributed by atoms with Crippen molar-refractivity contribution in [1.29, 1.82) is 0 Å². The minimum absolute atomic E-state index is 0.507. The molecule has 0 fully saturated rings. The van der Waals surface area contributed by atoms with E-state index in [0.29, 0.717) is 6.61 Å². The Morgan fingerprint density at radius 3 is 2.83 bits per heavy atom. The van der Waals surface area contributed by atoms with E-state index < -0.39 is 0 Å². The highest BCUT2D eigenvalue weighted by Gasteiger charge is 2.05. The maximum absolute atomic E-state index is 5.75. The van der Waals surface area contributed by atoms with Crippen molar-refractivity contribution in [2.75, 3.05) is 0 Å². The molecule has 0 saturated carbocycles. The zero-order valence-corrected chi connectivity index (χ0v) is 11.2. The lowest BCUT2D eigenvalue weighted by Crippen LogP contribution is -1.93. The Labute approximate surface area is 113 Å². The van der Waals surface area contributed by atoms with Crippen molar-refractivity contribution in [2.45, 2.75) is 6.61 Å². The highest BCUT2D eigenvalue weighted by Crippen LogP contribution is 2.23. The highest BCUT2D eigenvalue weighted by atomic mass is 79.9. The van der Waals surface area contributed by atoms with Crippen LogP contribution in [0.3, 0.4) is 0 Å². The van der Waals surface area contributed by atoms with E-state index in [-0.39, 0.29) is 0 Å². The smallest absolute Gasteiger partial charge is 0.134 e. The number of para-hydroxylation sites is 1. The number of hydrogen-bond acceptors (Lipinski definition) is 2. The first-order valence-electron chi connectivity index (χ1n) is 5.66. The average Bonchev–Trinajstić information content (AvgIpc) is 2.80. The fourth-order valence-corrected chi connectivity index (χ4v) is 2.24. The molecular formula is C15H11BrO2. The Morgan fingerprint density at radius 1 is 1.06 bits per heavy atom. The molecule has 3 rings (SSSR count). The lowest BCUT2D eigenvalue weighted by atomic mass is 10.2. The maximum Gasteiger partial charge on any atom is 0.134 e. The van der Waals surface area contributed by atoms with Crippen LogP contribution in [0.5, 0.6) is 5.75 Å². The van der Waals surface area contributed by atoms with Gasteiger partial charge in [0, 0.05) is 15.4 Å². The summed E-state index contributed by atoms with van der Waals surface area (Å²) in [5.74, 6) is 0.842. The van der Waals surface area contributed by atoms with Crippen molar-refractivity contribution < 1.29 is 9.15 Å². The summed E-state index contributed by atoms with van der Waals surface area (Å²) in [7, 11) is 0. The van der Waals surface area contributed by atoms with E-state index in [1.165, 1.54) is 0 Å². The third kappa shape index (κ3) is 2.27. The van der Waals surface area contributed by atoms with Gasteiger partial charge >= 0.3 is 0 Å². The summed E-state index contributed by atoms with van der Waals surface area (Å²) in [6.45, 7) is 0.507. The number of fused-ring (bicyclic) bond motifs is 1. The SMILES string of the molecule is Brc1cccc(OCc2coc3ccccc23)c1. The molecule has 0 N–H and O–H groups in total. The molecule has 0 atom stereocenters. The van der Waals surface area contributed by atoms with Crippen molar-refractivity contribution >= 4 is 26.9 Å². The number of ether oxygens (including phenoxy) is 1. The molecule has 0 saturated heterocycles. The second-order valence-corrected chi connectivity index (χ2v) is 4.92. The Hall–Kier alpha value is -1.74. The summed E-state index contributed by atoms with van der Waals surface area (Å²) >= 11 is 3.42. The van der Waals surface area contributed by atoms with Gasteiger partial charge in [0.1, 0.15) is 17.9 Å². The lowest BCUT2D eigenvalue weighted by Gasteiger charge is -2.05. The third-order valence-corrected chi connectivity index (χ3v) is 3.24. The molecule has 2 nitrogen and oxygen atoms in total. The quantitative estimate of drug-likeness (QED) is 0.695. The number of hydrogen-bond donors (Lipinski definition) is 0. The van der Waals surface area contributed by atoms with Crippen LogP contribution in [0.1, 0.15) is 5.56 Å². The lowest BCUT2D eigenvalue weighted by molar-refractivity contribution is 0.306. The molecular weight excluding hydrogens is 292 g/mol. The van der Waals surface area contributed by atoms with Crippen LogP contribution in [0.15, 0.2) is 63.7 Å². The van der Waals surface area contributed by atoms with Gasteiger partial charge in [0.25, 0.3) is 0 Å². The first-order chi connectivity index (χ1) is 8.83. The Bertz CT molecular complexity index is 673. The van der Waals surface area contributed by atoms with E-state index in [9.17, 15) is 0 Å². The van der Waals surface area contributed by atoms with Crippen LogP contribution in [-0.2, 0) is 6.61 Å². The van der Waals surface area contributed by atoms with Gasteiger partial charge in [0.05, 0.1) is 6.26 Å². The van der Waals surface area contributed by atoms with Crippen LogP contribution in [0.25, 0.3) is 11.0 Å². The van der Waals surface area contributed by atoms with Gasteiger partial charge in [-0.05, 0) is 24.3 Å². The molecule has 0 amide bonds. The van der Waals surface area contributed by atoms with Crippen LogP contribution in [0.4, 0.5) is 0 Å². The molecule has 1 heterocycles. The van der Waals surface area contributed by atoms with E-state index in [1.807, 2.05) is 48.5 Å². The zero-order chi connectivity index (χ0) is 12.4. The van der Waals surface area contributed by atoms with E-state index in [4.69, 9.17) is 9.15 Å². The highest BCUT2D eigenvalue weighted by molar-refractivity contribution is 9.10. The molecule has 3 aromatic rings. The molecule has 90 valence electrons. The molecule has 0 unspecified atom stereocenters. The normalized spacial score (nSPS) is 10.7. The fraction of sp³-hybridized carbons (Fsp3) is 0.0667. The van der Waals surface area contributed by atoms with E-state index in [0.717, 1.165) is 26.8 Å². The molecule has 0 aliphatic heterocycles. The zero-order valence-electron chi connectivity index (χ0n) is 9.60. The molecule has 0 spiro atoms. The molecule has 0 bridgehead atoms. The minimum Gasteiger partial charge on any atom is -0.489 e. The minimum atomic E-state index is 0.507. The second kappa shape index (κ2) is 4.86. The van der Waals surface area contributed by atoms with Gasteiger partial charge < -0.3 is 9.15 Å². The third-order valence-electron chi connectivity index (χ3n) is 2.75. The number of furan rings is 1. The molecule has 0 aliphatic carbocycles. The fourth-order valence-electron chi connectivity index (χ4n) is 1.86. The van der Waals surface area contributed by atoms with Crippen LogP contribution in [-0.4, -0.2) is 0 Å². The van der Waals surface area contributed by atoms with Crippen molar-refractivity contribution in [3.63, 3.8) is 0 Å². The van der Waals surface area contributed by atoms with E-state index in [2.05, 4.69) is 15.9 Å². The van der Waals surface area contributed by atoms with Crippen LogP contribution < -0.4 is 4.74 Å². The summed E-state index contributed by atoms with van der Waals surface area (Å²) in [6, 6.07) is 15.8. The summed E-state index contributed by atoms with van der Waals surface area (Å²) in [6.07, 6.45) is 1.75. The first-order valence-corrected chi connectivity index (χ1v) is 6.46. The molecule has 0 radical (unpaired) electrons. The molecule has 0 aliphatic rings. The molecule has 2 aromatic carbocycles. The number of rotatable bonds is 3. The number of benzene rings is 2. The topological polar surface area (TPSA) is 22.4 Å². The average molecular weight is 303 g/mol. The molecule has 3 heteroatoms. The number of halogens is 1.